The molecule has 142 valence electrons. The number of anilines is 1. The Hall–Kier alpha value is -2.17. The molecule has 4 rings (SSSR count). The smallest absolute Gasteiger partial charge is 0.238 e. The molecule has 0 atom stereocenters. The molecule has 27 heavy (non-hydrogen) atoms. The van der Waals surface area contributed by atoms with E-state index in [2.05, 4.69) is 58.4 Å². The van der Waals surface area contributed by atoms with E-state index in [0.717, 1.165) is 44.8 Å². The van der Waals surface area contributed by atoms with Gasteiger partial charge >= 0.3 is 0 Å². The van der Waals surface area contributed by atoms with Gasteiger partial charge in [0.05, 0.1) is 6.54 Å². The van der Waals surface area contributed by atoms with Gasteiger partial charge in [-0.2, -0.15) is 0 Å². The van der Waals surface area contributed by atoms with Gasteiger partial charge in [-0.15, -0.1) is 0 Å². The normalized spacial score (nSPS) is 17.7. The zero-order chi connectivity index (χ0) is 18.6. The van der Waals surface area contributed by atoms with E-state index in [1.165, 1.54) is 35.1 Å². The minimum atomic E-state index is 0.0975. The van der Waals surface area contributed by atoms with Crippen molar-refractivity contribution in [2.75, 3.05) is 38.0 Å². The molecule has 2 aromatic rings. The van der Waals surface area contributed by atoms with Crippen molar-refractivity contribution in [3.63, 3.8) is 0 Å². The second kappa shape index (κ2) is 8.24. The predicted octanol–water partition coefficient (Wildman–Crippen LogP) is 3.24. The van der Waals surface area contributed by atoms with Crippen LogP contribution in [0.1, 0.15) is 28.7 Å². The van der Waals surface area contributed by atoms with Gasteiger partial charge in [0.15, 0.2) is 0 Å². The molecule has 1 aliphatic heterocycles. The second-order valence-electron chi connectivity index (χ2n) is 7.86. The number of rotatable bonds is 5. The van der Waals surface area contributed by atoms with Gasteiger partial charge in [0.1, 0.15) is 0 Å². The zero-order valence-corrected chi connectivity index (χ0v) is 16.2. The van der Waals surface area contributed by atoms with Crippen LogP contribution in [0.15, 0.2) is 42.5 Å². The maximum atomic E-state index is 12.4. The minimum Gasteiger partial charge on any atom is -0.325 e. The van der Waals surface area contributed by atoms with Gasteiger partial charge < -0.3 is 5.32 Å². The Labute approximate surface area is 162 Å². The number of nitrogens with zero attached hydrogens (tertiary/aromatic N) is 2. The molecule has 4 heteroatoms. The average Bonchev–Trinajstić information content (AvgIpc) is 3.13. The number of fused-ring (bicyclic) bond motifs is 1. The largest absolute Gasteiger partial charge is 0.325 e. The first-order chi connectivity index (χ1) is 13.2. The summed E-state index contributed by atoms with van der Waals surface area (Å²) in [5, 5.41) is 3.08. The predicted molar refractivity (Wildman–Crippen MR) is 110 cm³/mol. The molecule has 1 N–H and O–H groups in total. The van der Waals surface area contributed by atoms with Crippen molar-refractivity contribution in [1.82, 2.24) is 9.80 Å². The van der Waals surface area contributed by atoms with Crippen molar-refractivity contribution in [2.45, 2.75) is 32.7 Å². The third-order valence-corrected chi connectivity index (χ3v) is 5.87. The van der Waals surface area contributed by atoms with E-state index in [9.17, 15) is 4.79 Å². The van der Waals surface area contributed by atoms with Crippen LogP contribution in [0, 0.1) is 6.92 Å². The Bertz CT molecular complexity index is 809. The van der Waals surface area contributed by atoms with Gasteiger partial charge in [-0.1, -0.05) is 30.3 Å². The third kappa shape index (κ3) is 4.57. The quantitative estimate of drug-likeness (QED) is 0.886. The van der Waals surface area contributed by atoms with Crippen LogP contribution >= 0.6 is 0 Å². The lowest BCUT2D eigenvalue weighted by Gasteiger charge is -2.34. The zero-order valence-electron chi connectivity index (χ0n) is 16.2. The number of carbonyl (C=O) groups excluding carboxylic acids is 1. The number of hydrogen-bond acceptors (Lipinski definition) is 3. The third-order valence-electron chi connectivity index (χ3n) is 5.87. The number of carbonyl (C=O) groups is 1. The maximum absolute atomic E-state index is 12.4. The van der Waals surface area contributed by atoms with Crippen molar-refractivity contribution in [1.29, 1.82) is 0 Å². The Morgan fingerprint density at radius 2 is 1.70 bits per heavy atom. The fourth-order valence-corrected chi connectivity index (χ4v) is 4.19. The Morgan fingerprint density at radius 1 is 0.963 bits per heavy atom. The van der Waals surface area contributed by atoms with Gasteiger partial charge in [-0.25, -0.2) is 0 Å². The van der Waals surface area contributed by atoms with E-state index in [1.807, 2.05) is 6.07 Å². The lowest BCUT2D eigenvalue weighted by Crippen LogP contribution is -2.48. The first-order valence-electron chi connectivity index (χ1n) is 10.1. The summed E-state index contributed by atoms with van der Waals surface area (Å²) in [5.74, 6) is 0.0975. The molecule has 0 saturated carbocycles. The fraction of sp³-hybridized carbons (Fsp3) is 0.435. The molecule has 0 radical (unpaired) electrons. The number of amides is 1. The van der Waals surface area contributed by atoms with Crippen LogP contribution in [0.4, 0.5) is 5.69 Å². The molecule has 4 nitrogen and oxygen atoms in total. The van der Waals surface area contributed by atoms with Crippen LogP contribution in [0.5, 0.6) is 0 Å². The number of hydrogen-bond donors (Lipinski definition) is 1. The molecule has 1 amide bonds. The van der Waals surface area contributed by atoms with Crippen LogP contribution in [0.3, 0.4) is 0 Å². The van der Waals surface area contributed by atoms with Crippen molar-refractivity contribution >= 4 is 11.6 Å². The van der Waals surface area contributed by atoms with Gasteiger partial charge in [0.2, 0.25) is 5.91 Å². The average molecular weight is 364 g/mol. The summed E-state index contributed by atoms with van der Waals surface area (Å²) >= 11 is 0. The van der Waals surface area contributed by atoms with E-state index in [0.29, 0.717) is 6.54 Å². The molecule has 0 aromatic heterocycles. The van der Waals surface area contributed by atoms with Crippen molar-refractivity contribution in [2.24, 2.45) is 0 Å². The Kier molecular flexibility index (Phi) is 5.55. The number of benzene rings is 2. The van der Waals surface area contributed by atoms with E-state index in [1.54, 1.807) is 0 Å². The Morgan fingerprint density at radius 3 is 2.52 bits per heavy atom. The summed E-state index contributed by atoms with van der Waals surface area (Å²) < 4.78 is 0. The first kappa shape index (κ1) is 18.2. The molecule has 1 heterocycles. The fourth-order valence-electron chi connectivity index (χ4n) is 4.19. The second-order valence-corrected chi connectivity index (χ2v) is 7.86. The van der Waals surface area contributed by atoms with E-state index in [4.69, 9.17) is 0 Å². The summed E-state index contributed by atoms with van der Waals surface area (Å²) in [6.45, 7) is 7.58. The minimum absolute atomic E-state index is 0.0975. The van der Waals surface area contributed by atoms with Gasteiger partial charge in [0.25, 0.3) is 0 Å². The highest BCUT2D eigenvalue weighted by Crippen LogP contribution is 2.24. The van der Waals surface area contributed by atoms with Crippen molar-refractivity contribution < 1.29 is 4.79 Å². The Balaban J connectivity index is 1.24. The van der Waals surface area contributed by atoms with E-state index in [-0.39, 0.29) is 5.91 Å². The number of piperazine rings is 1. The topological polar surface area (TPSA) is 35.6 Å². The monoisotopic (exact) mass is 363 g/mol. The number of nitrogens with one attached hydrogen (secondary N) is 1. The highest BCUT2D eigenvalue weighted by molar-refractivity contribution is 5.92. The van der Waals surface area contributed by atoms with Crippen LogP contribution in [0.25, 0.3) is 0 Å². The molecule has 1 aliphatic carbocycles. The van der Waals surface area contributed by atoms with Crippen LogP contribution in [0.2, 0.25) is 0 Å². The molecular formula is C23H29N3O. The molecule has 0 spiro atoms. The standard InChI is InChI=1S/C23H29N3O/c1-18-5-2-3-6-21(18)16-25-11-13-26(14-12-25)17-23(27)24-22-10-9-19-7-4-8-20(19)15-22/h2-3,5-6,9-10,15H,4,7-8,11-14,16-17H2,1H3,(H,24,27). The SMILES string of the molecule is Cc1ccccc1CN1CCN(CC(=O)Nc2ccc3c(c2)CCC3)CC1. The molecule has 1 fully saturated rings. The van der Waals surface area contributed by atoms with Gasteiger partial charge in [-0.05, 0) is 60.6 Å². The van der Waals surface area contributed by atoms with Crippen molar-refractivity contribution in [3.05, 3.63) is 64.7 Å². The summed E-state index contributed by atoms with van der Waals surface area (Å²) in [4.78, 5) is 17.2. The summed E-state index contributed by atoms with van der Waals surface area (Å²) in [7, 11) is 0. The lowest BCUT2D eigenvalue weighted by molar-refractivity contribution is -0.117. The van der Waals surface area contributed by atoms with E-state index < -0.39 is 0 Å². The molecular weight excluding hydrogens is 334 g/mol. The molecule has 2 aliphatic rings. The van der Waals surface area contributed by atoms with Crippen LogP contribution in [-0.2, 0) is 24.2 Å². The summed E-state index contributed by atoms with van der Waals surface area (Å²) in [6.07, 6.45) is 3.55. The lowest BCUT2D eigenvalue weighted by atomic mass is 10.1. The van der Waals surface area contributed by atoms with Gasteiger partial charge in [0, 0.05) is 38.4 Å². The van der Waals surface area contributed by atoms with E-state index >= 15 is 0 Å². The van der Waals surface area contributed by atoms with Crippen LogP contribution < -0.4 is 5.32 Å². The molecule has 1 saturated heterocycles. The first-order valence-corrected chi connectivity index (χ1v) is 10.1. The van der Waals surface area contributed by atoms with Gasteiger partial charge in [-0.3, -0.25) is 14.6 Å². The summed E-state index contributed by atoms with van der Waals surface area (Å²) in [5.41, 5.74) is 6.54. The molecule has 2 aromatic carbocycles. The molecule has 0 bridgehead atoms. The van der Waals surface area contributed by atoms with Crippen molar-refractivity contribution in [3.8, 4) is 0 Å². The highest BCUT2D eigenvalue weighted by Gasteiger charge is 2.20. The summed E-state index contributed by atoms with van der Waals surface area (Å²) in [6, 6.07) is 15.0. The maximum Gasteiger partial charge on any atom is 0.238 e. The highest BCUT2D eigenvalue weighted by atomic mass is 16.2. The molecule has 0 unspecified atom stereocenters. The van der Waals surface area contributed by atoms with Crippen LogP contribution in [-0.4, -0.2) is 48.4 Å². The number of aryl methyl sites for hydroxylation is 3.